The molecule has 0 heterocycles. The fraction of sp³-hybridized carbons (Fsp3) is 0.786. The molecule has 45 heavy (non-hydrogen) atoms. The zero-order chi connectivity index (χ0) is 34.3. The predicted octanol–water partition coefficient (Wildman–Crippen LogP) is 4.04. The van der Waals surface area contributed by atoms with Crippen molar-refractivity contribution >= 4 is 50.3 Å². The smallest absolute Gasteiger partial charge is 0.381 e. The van der Waals surface area contributed by atoms with Gasteiger partial charge >= 0.3 is 15.6 Å². The topological polar surface area (TPSA) is 223 Å². The fourth-order valence-electron chi connectivity index (χ4n) is 3.75. The van der Waals surface area contributed by atoms with Gasteiger partial charge in [-0.2, -0.15) is 0 Å². The molecule has 0 aromatic heterocycles. The van der Waals surface area contributed by atoms with E-state index in [0.717, 1.165) is 0 Å². The van der Waals surface area contributed by atoms with Crippen molar-refractivity contribution in [1.29, 1.82) is 0 Å². The second-order valence-electron chi connectivity index (χ2n) is 10.5. The van der Waals surface area contributed by atoms with Gasteiger partial charge in [-0.05, 0) is 52.4 Å². The number of phosphoric ester groups is 2. The number of hydrogen-bond acceptors (Lipinski definition) is 13. The largest absolute Gasteiger partial charge is 0.472 e. The number of Topliss-reactive ketones (excluding diaryl/α,β-unsaturated/α-hetero) is 6. The maximum absolute atomic E-state index is 12.1. The van der Waals surface area contributed by atoms with Crippen LogP contribution in [0.4, 0.5) is 0 Å². The molecule has 0 bridgehead atoms. The molecule has 0 saturated carbocycles. The van der Waals surface area contributed by atoms with Gasteiger partial charge in [-0.25, -0.2) is 9.13 Å². The molecule has 0 aliphatic rings. The highest BCUT2D eigenvalue weighted by atomic mass is 31.2. The second kappa shape index (κ2) is 24.4. The Morgan fingerprint density at radius 2 is 0.933 bits per heavy atom. The highest BCUT2D eigenvalue weighted by Crippen LogP contribution is 2.44. The molecule has 2 atom stereocenters. The molecule has 260 valence electrons. The normalized spacial score (nSPS) is 14.7. The molecule has 0 aromatic carbocycles. The van der Waals surface area contributed by atoms with Gasteiger partial charge in [0.05, 0.1) is 39.3 Å². The molecular weight excluding hydrogens is 638 g/mol. The Morgan fingerprint density at radius 1 is 0.578 bits per heavy atom. The van der Waals surface area contributed by atoms with Crippen molar-refractivity contribution in [2.75, 3.05) is 39.6 Å². The summed E-state index contributed by atoms with van der Waals surface area (Å²) in [5.74, 6) is -2.06. The van der Waals surface area contributed by atoms with E-state index in [1.165, 1.54) is 13.8 Å². The van der Waals surface area contributed by atoms with Gasteiger partial charge in [0.25, 0.3) is 0 Å². The van der Waals surface area contributed by atoms with Gasteiger partial charge in [-0.3, -0.25) is 37.3 Å². The number of phosphoric acid groups is 2. The number of hydrogen-bond donors (Lipinski definition) is 2. The highest BCUT2D eigenvalue weighted by molar-refractivity contribution is 7.47. The summed E-state index contributed by atoms with van der Waals surface area (Å²) in [7, 11) is -8.84. The van der Waals surface area contributed by atoms with Crippen LogP contribution in [0.3, 0.4) is 0 Å². The minimum Gasteiger partial charge on any atom is -0.381 e. The van der Waals surface area contributed by atoms with E-state index in [4.69, 9.17) is 22.8 Å². The van der Waals surface area contributed by atoms with Crippen LogP contribution in [-0.2, 0) is 60.7 Å². The average Bonchev–Trinajstić information content (AvgIpc) is 2.93. The minimum absolute atomic E-state index is 0.0218. The predicted molar refractivity (Wildman–Crippen MR) is 160 cm³/mol. The van der Waals surface area contributed by atoms with Crippen molar-refractivity contribution in [1.82, 2.24) is 0 Å². The molecule has 2 N–H and O–H groups in total. The lowest BCUT2D eigenvalue weighted by atomic mass is 9.99. The van der Waals surface area contributed by atoms with Crippen LogP contribution >= 0.6 is 15.6 Å². The zero-order valence-corrected chi connectivity index (χ0v) is 28.2. The molecule has 15 nitrogen and oxygen atoms in total. The van der Waals surface area contributed by atoms with Crippen LogP contribution in [0.1, 0.15) is 97.8 Å². The van der Waals surface area contributed by atoms with Crippen LogP contribution in [0.25, 0.3) is 0 Å². The van der Waals surface area contributed by atoms with Gasteiger partial charge in [0.15, 0.2) is 0 Å². The van der Waals surface area contributed by atoms with E-state index in [1.54, 1.807) is 0 Å². The quantitative estimate of drug-likeness (QED) is 0.0596. The van der Waals surface area contributed by atoms with E-state index in [-0.39, 0.29) is 93.6 Å². The molecule has 0 rings (SSSR count). The third-order valence-corrected chi connectivity index (χ3v) is 8.19. The van der Waals surface area contributed by atoms with E-state index in [0.29, 0.717) is 38.9 Å². The third-order valence-electron chi connectivity index (χ3n) is 6.15. The van der Waals surface area contributed by atoms with Gasteiger partial charge in [0, 0.05) is 51.7 Å². The van der Waals surface area contributed by atoms with E-state index >= 15 is 0 Å². The SMILES string of the molecule is CCOCC(CCCOP(=O)(O)OCCC(=O)CC(=O)CCC(C)=O)CCCOP(=O)(O)OCCC(=O)CC(=O)CCC(C)=O. The van der Waals surface area contributed by atoms with Gasteiger partial charge in [-0.1, -0.05) is 0 Å². The molecule has 0 radical (unpaired) electrons. The van der Waals surface area contributed by atoms with Crippen LogP contribution in [0.2, 0.25) is 0 Å². The van der Waals surface area contributed by atoms with Crippen molar-refractivity contribution in [3.8, 4) is 0 Å². The average molecular weight is 687 g/mol. The molecule has 0 aromatic rings. The lowest BCUT2D eigenvalue weighted by Gasteiger charge is -2.18. The molecule has 0 saturated heterocycles. The number of carbonyl (C=O) groups is 6. The van der Waals surface area contributed by atoms with Gasteiger partial charge in [-0.15, -0.1) is 0 Å². The fourth-order valence-corrected chi connectivity index (χ4v) is 5.26. The zero-order valence-electron chi connectivity index (χ0n) is 26.4. The van der Waals surface area contributed by atoms with Gasteiger partial charge < -0.3 is 24.1 Å². The Balaban J connectivity index is 4.30. The molecule has 17 heteroatoms. The van der Waals surface area contributed by atoms with Crippen molar-refractivity contribution in [3.05, 3.63) is 0 Å². The third kappa shape index (κ3) is 27.1. The van der Waals surface area contributed by atoms with Gasteiger partial charge in [0.2, 0.25) is 0 Å². The number of ether oxygens (including phenoxy) is 1. The first kappa shape index (κ1) is 43.2. The molecule has 0 spiro atoms. The molecule has 0 fully saturated rings. The first-order valence-corrected chi connectivity index (χ1v) is 17.9. The Hall–Kier alpha value is -1.80. The van der Waals surface area contributed by atoms with Gasteiger partial charge in [0.1, 0.15) is 34.7 Å². The molecule has 0 aliphatic carbocycles. The summed E-state index contributed by atoms with van der Waals surface area (Å²) >= 11 is 0. The summed E-state index contributed by atoms with van der Waals surface area (Å²) < 4.78 is 49.1. The Morgan fingerprint density at radius 3 is 1.29 bits per heavy atom. The summed E-state index contributed by atoms with van der Waals surface area (Å²) in [6.45, 7) is 4.29. The maximum Gasteiger partial charge on any atom is 0.472 e. The summed E-state index contributed by atoms with van der Waals surface area (Å²) in [5.41, 5.74) is 0. The van der Waals surface area contributed by atoms with Crippen LogP contribution < -0.4 is 0 Å². The van der Waals surface area contributed by atoms with Crippen LogP contribution in [0, 0.1) is 5.92 Å². The van der Waals surface area contributed by atoms with E-state index < -0.39 is 40.4 Å². The maximum atomic E-state index is 12.1. The van der Waals surface area contributed by atoms with E-state index in [2.05, 4.69) is 0 Å². The minimum atomic E-state index is -4.42. The summed E-state index contributed by atoms with van der Waals surface area (Å²) in [5, 5.41) is 0. The lowest BCUT2D eigenvalue weighted by molar-refractivity contribution is -0.129. The van der Waals surface area contributed by atoms with Crippen molar-refractivity contribution < 1.29 is 70.5 Å². The standard InChI is InChI=1S/C28H48O15P2/c1-4-39-21-24(7-5-15-40-44(35,36)42-17-13-27(33)19-25(31)11-9-22(2)29)8-6-16-41-45(37,38)43-18-14-28(34)20-26(32)12-10-23(3)30/h24H,4-21H2,1-3H3,(H,35,36)(H,37,38). The number of carbonyl (C=O) groups excluding carboxylic acids is 6. The second-order valence-corrected chi connectivity index (χ2v) is 13.4. The number of rotatable bonds is 31. The first-order valence-electron chi connectivity index (χ1n) is 14.9. The van der Waals surface area contributed by atoms with Crippen molar-refractivity contribution in [3.63, 3.8) is 0 Å². The van der Waals surface area contributed by atoms with E-state index in [9.17, 15) is 47.7 Å². The van der Waals surface area contributed by atoms with E-state index in [1.807, 2.05) is 6.92 Å². The van der Waals surface area contributed by atoms with Crippen LogP contribution in [0.15, 0.2) is 0 Å². The van der Waals surface area contributed by atoms with Crippen LogP contribution in [0.5, 0.6) is 0 Å². The molecule has 0 amide bonds. The van der Waals surface area contributed by atoms with Crippen LogP contribution in [-0.4, -0.2) is 84.1 Å². The molecular formula is C28H48O15P2. The monoisotopic (exact) mass is 686 g/mol. The molecule has 0 aliphatic heterocycles. The van der Waals surface area contributed by atoms with Crippen molar-refractivity contribution in [2.45, 2.75) is 97.8 Å². The highest BCUT2D eigenvalue weighted by Gasteiger charge is 2.23. The number of ketones is 6. The Kier molecular flexibility index (Phi) is 23.4. The Bertz CT molecular complexity index is 981. The first-order chi connectivity index (χ1) is 21.0. The summed E-state index contributed by atoms with van der Waals surface area (Å²) in [6, 6.07) is 0. The summed E-state index contributed by atoms with van der Waals surface area (Å²) in [6.07, 6.45) is 0.573. The summed E-state index contributed by atoms with van der Waals surface area (Å²) in [4.78, 5) is 88.4. The molecule has 2 unspecified atom stereocenters. The van der Waals surface area contributed by atoms with Crippen molar-refractivity contribution in [2.24, 2.45) is 5.92 Å². The lowest BCUT2D eigenvalue weighted by Crippen LogP contribution is -2.13. The Labute approximate surface area is 264 Å².